The fourth-order valence-electron chi connectivity index (χ4n) is 2.83. The van der Waals surface area contributed by atoms with Crippen molar-refractivity contribution in [1.82, 2.24) is 14.8 Å². The van der Waals surface area contributed by atoms with Gasteiger partial charge in [0.2, 0.25) is 0 Å². The molecule has 1 amide bonds. The van der Waals surface area contributed by atoms with E-state index in [0.29, 0.717) is 29.4 Å². The van der Waals surface area contributed by atoms with Crippen LogP contribution in [0.1, 0.15) is 35.8 Å². The molecule has 1 aromatic carbocycles. The minimum atomic E-state index is -0.240. The molecule has 0 atom stereocenters. The van der Waals surface area contributed by atoms with Crippen molar-refractivity contribution in [3.8, 4) is 11.5 Å². The Bertz CT molecular complexity index is 965. The predicted molar refractivity (Wildman–Crippen MR) is 105 cm³/mol. The predicted octanol–water partition coefficient (Wildman–Crippen LogP) is 3.72. The van der Waals surface area contributed by atoms with Crippen LogP contribution in [0.4, 0.5) is 5.69 Å². The van der Waals surface area contributed by atoms with Gasteiger partial charge in [-0.3, -0.25) is 9.48 Å². The van der Waals surface area contributed by atoms with Crippen molar-refractivity contribution in [3.63, 3.8) is 0 Å². The second kappa shape index (κ2) is 8.07. The highest BCUT2D eigenvalue weighted by Gasteiger charge is 2.13. The molecular weight excluding hydrogens is 344 g/mol. The molecule has 7 nitrogen and oxygen atoms in total. The van der Waals surface area contributed by atoms with Crippen LogP contribution in [0.2, 0.25) is 0 Å². The van der Waals surface area contributed by atoms with Gasteiger partial charge in [-0.1, -0.05) is 13.3 Å². The molecule has 0 radical (unpaired) electrons. The number of methoxy groups -OCH3 is 1. The van der Waals surface area contributed by atoms with Crippen molar-refractivity contribution < 1.29 is 14.3 Å². The number of ether oxygens (including phenoxy) is 2. The second-order valence-electron chi connectivity index (χ2n) is 6.33. The number of amides is 1. The summed E-state index contributed by atoms with van der Waals surface area (Å²) in [5.41, 5.74) is 2.75. The van der Waals surface area contributed by atoms with Gasteiger partial charge in [0, 0.05) is 18.0 Å². The molecule has 0 aliphatic rings. The standard InChI is InChI=1S/C20H24N4O3/c1-5-6-9-27-17-8-7-14(10-18(17)26-4)20(25)22-15-11-16-13(2)23-24(3)19(16)21-12-15/h7-8,10-12H,5-6,9H2,1-4H3,(H,22,25). The molecule has 0 aliphatic heterocycles. The van der Waals surface area contributed by atoms with Gasteiger partial charge in [-0.25, -0.2) is 4.98 Å². The molecule has 3 aromatic rings. The fraction of sp³-hybridized carbons (Fsp3) is 0.350. The first-order chi connectivity index (χ1) is 13.0. The summed E-state index contributed by atoms with van der Waals surface area (Å²) < 4.78 is 12.8. The summed E-state index contributed by atoms with van der Waals surface area (Å²) in [6, 6.07) is 7.04. The fourth-order valence-corrected chi connectivity index (χ4v) is 2.83. The number of fused-ring (bicyclic) bond motifs is 1. The summed E-state index contributed by atoms with van der Waals surface area (Å²) in [7, 11) is 3.41. The minimum Gasteiger partial charge on any atom is -0.493 e. The molecule has 7 heteroatoms. The van der Waals surface area contributed by atoms with Gasteiger partial charge in [-0.2, -0.15) is 5.10 Å². The smallest absolute Gasteiger partial charge is 0.255 e. The third kappa shape index (κ3) is 4.02. The Hall–Kier alpha value is -3.09. The molecule has 0 spiro atoms. The van der Waals surface area contributed by atoms with E-state index in [2.05, 4.69) is 22.3 Å². The van der Waals surface area contributed by atoms with Gasteiger partial charge < -0.3 is 14.8 Å². The van der Waals surface area contributed by atoms with Crippen LogP contribution in [0.15, 0.2) is 30.5 Å². The van der Waals surface area contributed by atoms with Crippen LogP contribution in [-0.4, -0.2) is 34.4 Å². The molecule has 0 bridgehead atoms. The monoisotopic (exact) mass is 368 g/mol. The normalized spacial score (nSPS) is 10.8. The Balaban J connectivity index is 1.78. The number of pyridine rings is 1. The van der Waals surface area contributed by atoms with E-state index in [0.717, 1.165) is 29.6 Å². The van der Waals surface area contributed by atoms with Crippen molar-refractivity contribution in [3.05, 3.63) is 41.7 Å². The Labute approximate surface area is 158 Å². The molecule has 2 heterocycles. The average Bonchev–Trinajstić information content (AvgIpc) is 2.95. The summed E-state index contributed by atoms with van der Waals surface area (Å²) in [6.07, 6.45) is 3.65. The number of aryl methyl sites for hydroxylation is 2. The molecule has 1 N–H and O–H groups in total. The highest BCUT2D eigenvalue weighted by atomic mass is 16.5. The molecule has 0 saturated heterocycles. The number of unbranched alkanes of at least 4 members (excludes halogenated alkanes) is 1. The number of aromatic nitrogens is 3. The number of nitrogens with zero attached hydrogens (tertiary/aromatic N) is 3. The summed E-state index contributed by atoms with van der Waals surface area (Å²) in [4.78, 5) is 17.0. The highest BCUT2D eigenvalue weighted by molar-refractivity contribution is 6.05. The minimum absolute atomic E-state index is 0.240. The SMILES string of the molecule is CCCCOc1ccc(C(=O)Nc2cnc3c(c2)c(C)nn3C)cc1OC. The zero-order valence-electron chi connectivity index (χ0n) is 16.1. The first-order valence-corrected chi connectivity index (χ1v) is 8.95. The van der Waals surface area contributed by atoms with Gasteiger partial charge in [0.25, 0.3) is 5.91 Å². The Morgan fingerprint density at radius 1 is 1.26 bits per heavy atom. The van der Waals surface area contributed by atoms with E-state index >= 15 is 0 Å². The molecule has 142 valence electrons. The topological polar surface area (TPSA) is 78.3 Å². The van der Waals surface area contributed by atoms with E-state index < -0.39 is 0 Å². The maximum atomic E-state index is 12.6. The summed E-state index contributed by atoms with van der Waals surface area (Å²) in [5, 5.41) is 8.13. The van der Waals surface area contributed by atoms with Crippen molar-refractivity contribution in [1.29, 1.82) is 0 Å². The molecule has 0 aliphatic carbocycles. The zero-order chi connectivity index (χ0) is 19.4. The number of hydrogen-bond donors (Lipinski definition) is 1. The maximum absolute atomic E-state index is 12.6. The van der Waals surface area contributed by atoms with E-state index in [-0.39, 0.29) is 5.91 Å². The van der Waals surface area contributed by atoms with Gasteiger partial charge in [-0.05, 0) is 37.6 Å². The number of carbonyl (C=O) groups excluding carboxylic acids is 1. The van der Waals surface area contributed by atoms with Gasteiger partial charge in [-0.15, -0.1) is 0 Å². The Morgan fingerprint density at radius 2 is 2.07 bits per heavy atom. The second-order valence-corrected chi connectivity index (χ2v) is 6.33. The average molecular weight is 368 g/mol. The molecule has 0 saturated carbocycles. The van der Waals surface area contributed by atoms with Gasteiger partial charge >= 0.3 is 0 Å². The van der Waals surface area contributed by atoms with Gasteiger partial charge in [0.1, 0.15) is 0 Å². The Kier molecular flexibility index (Phi) is 5.59. The molecule has 3 rings (SSSR count). The molecule has 2 aromatic heterocycles. The first kappa shape index (κ1) is 18.7. The third-order valence-corrected chi connectivity index (χ3v) is 4.30. The number of carbonyl (C=O) groups is 1. The van der Waals surface area contributed by atoms with Crippen LogP contribution in [0.5, 0.6) is 11.5 Å². The summed E-state index contributed by atoms with van der Waals surface area (Å²) in [6.45, 7) is 4.64. The van der Waals surface area contributed by atoms with Crippen molar-refractivity contribution >= 4 is 22.6 Å². The van der Waals surface area contributed by atoms with Gasteiger partial charge in [0.05, 0.1) is 31.3 Å². The number of hydrogen-bond acceptors (Lipinski definition) is 5. The number of anilines is 1. The highest BCUT2D eigenvalue weighted by Crippen LogP contribution is 2.29. The zero-order valence-corrected chi connectivity index (χ0v) is 16.1. The van der Waals surface area contributed by atoms with Gasteiger partial charge in [0.15, 0.2) is 17.1 Å². The van der Waals surface area contributed by atoms with E-state index in [4.69, 9.17) is 9.47 Å². The van der Waals surface area contributed by atoms with Crippen molar-refractivity contribution in [2.45, 2.75) is 26.7 Å². The lowest BCUT2D eigenvalue weighted by Gasteiger charge is -2.12. The van der Waals surface area contributed by atoms with Crippen LogP contribution < -0.4 is 14.8 Å². The summed E-state index contributed by atoms with van der Waals surface area (Å²) in [5.74, 6) is 0.933. The lowest BCUT2D eigenvalue weighted by Crippen LogP contribution is -2.12. The van der Waals surface area contributed by atoms with E-state index in [9.17, 15) is 4.79 Å². The maximum Gasteiger partial charge on any atom is 0.255 e. The molecule has 27 heavy (non-hydrogen) atoms. The summed E-state index contributed by atoms with van der Waals surface area (Å²) >= 11 is 0. The van der Waals surface area contributed by atoms with E-state index in [1.165, 1.54) is 0 Å². The van der Waals surface area contributed by atoms with E-state index in [1.807, 2.05) is 20.0 Å². The number of benzene rings is 1. The van der Waals surface area contributed by atoms with Crippen LogP contribution in [-0.2, 0) is 7.05 Å². The number of rotatable bonds is 7. The molecule has 0 fully saturated rings. The van der Waals surface area contributed by atoms with Crippen molar-refractivity contribution in [2.75, 3.05) is 19.0 Å². The van der Waals surface area contributed by atoms with E-state index in [1.54, 1.807) is 36.2 Å². The lowest BCUT2D eigenvalue weighted by molar-refractivity contribution is 0.102. The quantitative estimate of drug-likeness (QED) is 0.643. The largest absolute Gasteiger partial charge is 0.493 e. The lowest BCUT2D eigenvalue weighted by atomic mass is 10.1. The Morgan fingerprint density at radius 3 is 2.81 bits per heavy atom. The van der Waals surface area contributed by atoms with Crippen LogP contribution >= 0.6 is 0 Å². The first-order valence-electron chi connectivity index (χ1n) is 8.95. The molecule has 0 unspecified atom stereocenters. The third-order valence-electron chi connectivity index (χ3n) is 4.30. The number of nitrogens with one attached hydrogen (secondary N) is 1. The van der Waals surface area contributed by atoms with Crippen molar-refractivity contribution in [2.24, 2.45) is 7.05 Å². The molecular formula is C20H24N4O3. The van der Waals surface area contributed by atoms with Crippen LogP contribution in [0.25, 0.3) is 11.0 Å². The van der Waals surface area contributed by atoms with Crippen LogP contribution in [0, 0.1) is 6.92 Å². The van der Waals surface area contributed by atoms with Crippen LogP contribution in [0.3, 0.4) is 0 Å².